The van der Waals surface area contributed by atoms with Crippen molar-refractivity contribution in [2.45, 2.75) is 19.4 Å². The topological polar surface area (TPSA) is 38.3 Å². The normalized spacial score (nSPS) is 10.3. The van der Waals surface area contributed by atoms with Gasteiger partial charge in [0.1, 0.15) is 17.3 Å². The number of nitrogens with one attached hydrogen (secondary N) is 1. The molecular formula is C22H20FNO2. The maximum absolute atomic E-state index is 12.9. The Labute approximate surface area is 152 Å². The molecule has 0 aliphatic carbocycles. The van der Waals surface area contributed by atoms with Gasteiger partial charge in [-0.3, -0.25) is 4.79 Å². The van der Waals surface area contributed by atoms with Crippen molar-refractivity contribution in [3.8, 4) is 11.5 Å². The Balaban J connectivity index is 1.50. The Morgan fingerprint density at radius 3 is 2.35 bits per heavy atom. The van der Waals surface area contributed by atoms with Crippen molar-refractivity contribution in [2.24, 2.45) is 0 Å². The summed E-state index contributed by atoms with van der Waals surface area (Å²) in [6, 6.07) is 23.3. The van der Waals surface area contributed by atoms with Crippen molar-refractivity contribution in [3.05, 3.63) is 95.8 Å². The third-order valence-electron chi connectivity index (χ3n) is 3.92. The van der Waals surface area contributed by atoms with Crippen molar-refractivity contribution >= 4 is 5.91 Å². The molecule has 0 unspecified atom stereocenters. The number of aryl methyl sites for hydroxylation is 1. The third kappa shape index (κ3) is 5.45. The first kappa shape index (κ1) is 17.7. The number of hydrogen-bond acceptors (Lipinski definition) is 2. The lowest BCUT2D eigenvalue weighted by atomic mass is 10.1. The van der Waals surface area contributed by atoms with E-state index in [2.05, 4.69) is 5.32 Å². The van der Waals surface area contributed by atoms with E-state index in [1.807, 2.05) is 54.6 Å². The molecule has 0 saturated heterocycles. The maximum atomic E-state index is 12.9. The molecule has 0 aromatic heterocycles. The molecule has 3 nitrogen and oxygen atoms in total. The van der Waals surface area contributed by atoms with Crippen LogP contribution < -0.4 is 10.1 Å². The standard InChI is InChI=1S/C22H20FNO2/c23-19-10-12-20(13-11-19)26-21-8-4-7-17(15-21)9-14-22(25)24-16-18-5-2-1-3-6-18/h1-8,10-13,15H,9,14,16H2,(H,24,25). The number of rotatable bonds is 7. The molecule has 3 aromatic rings. The zero-order valence-corrected chi connectivity index (χ0v) is 14.3. The molecule has 4 heteroatoms. The molecule has 0 aliphatic rings. The molecular weight excluding hydrogens is 329 g/mol. The summed E-state index contributed by atoms with van der Waals surface area (Å²) >= 11 is 0. The largest absolute Gasteiger partial charge is 0.457 e. The van der Waals surface area contributed by atoms with Gasteiger partial charge < -0.3 is 10.1 Å². The van der Waals surface area contributed by atoms with E-state index in [4.69, 9.17) is 4.74 Å². The lowest BCUT2D eigenvalue weighted by Crippen LogP contribution is -2.22. The van der Waals surface area contributed by atoms with Crippen LogP contribution in [0.5, 0.6) is 11.5 Å². The average Bonchev–Trinajstić information content (AvgIpc) is 2.68. The van der Waals surface area contributed by atoms with E-state index in [0.29, 0.717) is 30.9 Å². The van der Waals surface area contributed by atoms with Crippen LogP contribution in [0.4, 0.5) is 4.39 Å². The van der Waals surface area contributed by atoms with Gasteiger partial charge in [0.25, 0.3) is 0 Å². The number of carbonyl (C=O) groups excluding carboxylic acids is 1. The monoisotopic (exact) mass is 349 g/mol. The minimum absolute atomic E-state index is 0.0127. The summed E-state index contributed by atoms with van der Waals surface area (Å²) in [7, 11) is 0. The van der Waals surface area contributed by atoms with E-state index in [0.717, 1.165) is 11.1 Å². The Morgan fingerprint density at radius 1 is 0.846 bits per heavy atom. The molecule has 0 bridgehead atoms. The first-order valence-electron chi connectivity index (χ1n) is 8.52. The van der Waals surface area contributed by atoms with Crippen LogP contribution >= 0.6 is 0 Å². The Kier molecular flexibility index (Phi) is 5.99. The minimum atomic E-state index is -0.299. The SMILES string of the molecule is O=C(CCc1cccc(Oc2ccc(F)cc2)c1)NCc1ccccc1. The van der Waals surface area contributed by atoms with E-state index < -0.39 is 0 Å². The first-order valence-corrected chi connectivity index (χ1v) is 8.52. The van der Waals surface area contributed by atoms with Gasteiger partial charge in [0.05, 0.1) is 0 Å². The highest BCUT2D eigenvalue weighted by molar-refractivity contribution is 5.76. The van der Waals surface area contributed by atoms with Gasteiger partial charge in [-0.15, -0.1) is 0 Å². The molecule has 1 N–H and O–H groups in total. The molecule has 0 heterocycles. The number of halogens is 1. The molecule has 0 fully saturated rings. The van der Waals surface area contributed by atoms with Gasteiger partial charge in [-0.05, 0) is 53.9 Å². The highest BCUT2D eigenvalue weighted by Crippen LogP contribution is 2.22. The first-order chi connectivity index (χ1) is 12.7. The van der Waals surface area contributed by atoms with Crippen LogP contribution in [0.3, 0.4) is 0 Å². The van der Waals surface area contributed by atoms with Gasteiger partial charge in [-0.25, -0.2) is 4.39 Å². The van der Waals surface area contributed by atoms with E-state index in [-0.39, 0.29) is 11.7 Å². The minimum Gasteiger partial charge on any atom is -0.457 e. The molecule has 1 amide bonds. The fourth-order valence-electron chi connectivity index (χ4n) is 2.55. The van der Waals surface area contributed by atoms with E-state index >= 15 is 0 Å². The summed E-state index contributed by atoms with van der Waals surface area (Å²) in [4.78, 5) is 12.0. The van der Waals surface area contributed by atoms with Crippen LogP contribution in [0.15, 0.2) is 78.9 Å². The summed E-state index contributed by atoms with van der Waals surface area (Å²) in [5.41, 5.74) is 2.09. The van der Waals surface area contributed by atoms with Crippen LogP contribution in [0.1, 0.15) is 17.5 Å². The predicted molar refractivity (Wildman–Crippen MR) is 99.5 cm³/mol. The summed E-state index contributed by atoms with van der Waals surface area (Å²) in [6.07, 6.45) is 1.04. The van der Waals surface area contributed by atoms with Crippen molar-refractivity contribution in [3.63, 3.8) is 0 Å². The van der Waals surface area contributed by atoms with Crippen molar-refractivity contribution in [1.29, 1.82) is 0 Å². The highest BCUT2D eigenvalue weighted by atomic mass is 19.1. The zero-order chi connectivity index (χ0) is 18.2. The molecule has 3 rings (SSSR count). The van der Waals surface area contributed by atoms with Crippen molar-refractivity contribution < 1.29 is 13.9 Å². The fourth-order valence-corrected chi connectivity index (χ4v) is 2.55. The number of ether oxygens (including phenoxy) is 1. The summed E-state index contributed by atoms with van der Waals surface area (Å²) in [6.45, 7) is 0.535. The zero-order valence-electron chi connectivity index (χ0n) is 14.3. The lowest BCUT2D eigenvalue weighted by Gasteiger charge is -2.08. The quantitative estimate of drug-likeness (QED) is 0.661. The van der Waals surface area contributed by atoms with Gasteiger partial charge in [0.15, 0.2) is 0 Å². The molecule has 0 saturated carbocycles. The summed E-state index contributed by atoms with van der Waals surface area (Å²) in [5.74, 6) is 0.953. The molecule has 0 radical (unpaired) electrons. The van der Waals surface area contributed by atoms with E-state index in [1.165, 1.54) is 12.1 Å². The number of benzene rings is 3. The van der Waals surface area contributed by atoms with Crippen LogP contribution in [0.2, 0.25) is 0 Å². The predicted octanol–water partition coefficient (Wildman–Crippen LogP) is 4.87. The van der Waals surface area contributed by atoms with Gasteiger partial charge in [0, 0.05) is 13.0 Å². The molecule has 0 spiro atoms. The average molecular weight is 349 g/mol. The van der Waals surface area contributed by atoms with Crippen molar-refractivity contribution in [1.82, 2.24) is 5.32 Å². The molecule has 26 heavy (non-hydrogen) atoms. The molecule has 132 valence electrons. The third-order valence-corrected chi connectivity index (χ3v) is 3.92. The summed E-state index contributed by atoms with van der Waals surface area (Å²) in [5, 5.41) is 2.92. The molecule has 0 aliphatic heterocycles. The lowest BCUT2D eigenvalue weighted by molar-refractivity contribution is -0.121. The van der Waals surface area contributed by atoms with Crippen LogP contribution in [0.25, 0.3) is 0 Å². The second-order valence-corrected chi connectivity index (χ2v) is 5.97. The van der Waals surface area contributed by atoms with Crippen LogP contribution in [0, 0.1) is 5.82 Å². The van der Waals surface area contributed by atoms with Crippen LogP contribution in [-0.2, 0) is 17.8 Å². The van der Waals surface area contributed by atoms with Gasteiger partial charge >= 0.3 is 0 Å². The second-order valence-electron chi connectivity index (χ2n) is 5.97. The van der Waals surface area contributed by atoms with Crippen LogP contribution in [-0.4, -0.2) is 5.91 Å². The fraction of sp³-hybridized carbons (Fsp3) is 0.136. The number of amides is 1. The van der Waals surface area contributed by atoms with E-state index in [1.54, 1.807) is 12.1 Å². The summed E-state index contributed by atoms with van der Waals surface area (Å²) < 4.78 is 18.7. The van der Waals surface area contributed by atoms with Gasteiger partial charge in [-0.2, -0.15) is 0 Å². The van der Waals surface area contributed by atoms with Crippen molar-refractivity contribution in [2.75, 3.05) is 0 Å². The number of carbonyl (C=O) groups is 1. The Hall–Kier alpha value is -3.14. The van der Waals surface area contributed by atoms with E-state index in [9.17, 15) is 9.18 Å². The Bertz CT molecular complexity index is 848. The number of hydrogen-bond donors (Lipinski definition) is 1. The van der Waals surface area contributed by atoms with Gasteiger partial charge in [-0.1, -0.05) is 42.5 Å². The van der Waals surface area contributed by atoms with Gasteiger partial charge in [0.2, 0.25) is 5.91 Å². The molecule has 3 aromatic carbocycles. The second kappa shape index (κ2) is 8.81. The smallest absolute Gasteiger partial charge is 0.220 e. The highest BCUT2D eigenvalue weighted by Gasteiger charge is 2.04. The molecule has 0 atom stereocenters. The Morgan fingerprint density at radius 2 is 1.58 bits per heavy atom. The maximum Gasteiger partial charge on any atom is 0.220 e.